The fourth-order valence-electron chi connectivity index (χ4n) is 3.50. The smallest absolute Gasteiger partial charge is 0.407 e. The first-order chi connectivity index (χ1) is 14.1. The number of hydrogen-bond acceptors (Lipinski definition) is 5. The Morgan fingerprint density at radius 1 is 1.00 bits per heavy atom. The fraction of sp³-hybridized carbons (Fsp3) is 0.391. The maximum absolute atomic E-state index is 12.5. The van der Waals surface area contributed by atoms with Gasteiger partial charge in [-0.05, 0) is 37.4 Å². The van der Waals surface area contributed by atoms with Crippen LogP contribution in [0.3, 0.4) is 0 Å². The molecular weight excluding hydrogens is 368 g/mol. The minimum Gasteiger partial charge on any atom is -0.460 e. The molecule has 0 aliphatic carbocycles. The standard InChI is InChI=1S/C23H28N2O4/c1-18(24-23(27)29-17-20-11-6-3-7-12-20)15-25-14-8-13-21(25)22(26)28-16-19-9-4-2-5-10-19/h2-7,9-12,18,21H,8,13-17H2,1H3,(H,24,27)/t18-,21-/m0/s1. The molecule has 6 nitrogen and oxygen atoms in total. The first kappa shape index (κ1) is 20.9. The summed E-state index contributed by atoms with van der Waals surface area (Å²) in [5.74, 6) is -0.204. The van der Waals surface area contributed by atoms with Crippen LogP contribution >= 0.6 is 0 Å². The predicted molar refractivity (Wildman–Crippen MR) is 110 cm³/mol. The van der Waals surface area contributed by atoms with Crippen molar-refractivity contribution in [2.45, 2.75) is 45.1 Å². The molecule has 1 amide bonds. The van der Waals surface area contributed by atoms with E-state index in [1.54, 1.807) is 0 Å². The van der Waals surface area contributed by atoms with Crippen LogP contribution in [0.25, 0.3) is 0 Å². The van der Waals surface area contributed by atoms with Crippen LogP contribution in [-0.2, 0) is 27.5 Å². The Balaban J connectivity index is 1.41. The topological polar surface area (TPSA) is 67.9 Å². The summed E-state index contributed by atoms with van der Waals surface area (Å²) >= 11 is 0. The molecular formula is C23H28N2O4. The van der Waals surface area contributed by atoms with E-state index in [2.05, 4.69) is 10.2 Å². The number of alkyl carbamates (subject to hydrolysis) is 1. The summed E-state index contributed by atoms with van der Waals surface area (Å²) in [6, 6.07) is 18.8. The highest BCUT2D eigenvalue weighted by atomic mass is 16.5. The lowest BCUT2D eigenvalue weighted by atomic mass is 10.2. The minimum atomic E-state index is -0.455. The zero-order valence-electron chi connectivity index (χ0n) is 16.8. The van der Waals surface area contributed by atoms with Gasteiger partial charge < -0.3 is 14.8 Å². The summed E-state index contributed by atoms with van der Waals surface area (Å²) in [6.07, 6.45) is 1.26. The number of hydrogen-bond donors (Lipinski definition) is 1. The molecule has 3 rings (SSSR count). The van der Waals surface area contributed by atoms with Crippen molar-refractivity contribution in [1.82, 2.24) is 10.2 Å². The molecule has 154 valence electrons. The lowest BCUT2D eigenvalue weighted by Crippen LogP contribution is -2.46. The van der Waals surface area contributed by atoms with Crippen molar-refractivity contribution >= 4 is 12.1 Å². The summed E-state index contributed by atoms with van der Waals surface area (Å²) in [5.41, 5.74) is 1.91. The molecule has 1 saturated heterocycles. The van der Waals surface area contributed by atoms with Gasteiger partial charge in [-0.15, -0.1) is 0 Å². The van der Waals surface area contributed by atoms with Gasteiger partial charge in [-0.1, -0.05) is 60.7 Å². The first-order valence-corrected chi connectivity index (χ1v) is 10.0. The van der Waals surface area contributed by atoms with Crippen LogP contribution in [0.2, 0.25) is 0 Å². The Hall–Kier alpha value is -2.86. The van der Waals surface area contributed by atoms with Gasteiger partial charge in [-0.2, -0.15) is 0 Å². The summed E-state index contributed by atoms with van der Waals surface area (Å²) < 4.78 is 10.8. The number of rotatable bonds is 8. The number of nitrogens with one attached hydrogen (secondary N) is 1. The molecule has 1 fully saturated rings. The molecule has 0 aromatic heterocycles. The molecule has 1 aliphatic heterocycles. The van der Waals surface area contributed by atoms with Crippen LogP contribution in [0.5, 0.6) is 0 Å². The van der Waals surface area contributed by atoms with Crippen molar-refractivity contribution in [2.75, 3.05) is 13.1 Å². The number of amides is 1. The first-order valence-electron chi connectivity index (χ1n) is 10.0. The van der Waals surface area contributed by atoms with Crippen molar-refractivity contribution in [2.24, 2.45) is 0 Å². The molecule has 29 heavy (non-hydrogen) atoms. The Morgan fingerprint density at radius 3 is 2.21 bits per heavy atom. The van der Waals surface area contributed by atoms with E-state index in [9.17, 15) is 9.59 Å². The van der Waals surface area contributed by atoms with E-state index >= 15 is 0 Å². The third kappa shape index (κ3) is 6.61. The summed E-state index contributed by atoms with van der Waals surface area (Å²) in [5, 5.41) is 2.84. The molecule has 6 heteroatoms. The number of carbonyl (C=O) groups excluding carboxylic acids is 2. The second-order valence-corrected chi connectivity index (χ2v) is 7.35. The van der Waals surface area contributed by atoms with Gasteiger partial charge in [-0.25, -0.2) is 4.79 Å². The van der Waals surface area contributed by atoms with Crippen LogP contribution in [-0.4, -0.2) is 42.1 Å². The Bertz CT molecular complexity index is 782. The number of carbonyl (C=O) groups is 2. The normalized spacial score (nSPS) is 17.5. The molecule has 1 N–H and O–H groups in total. The van der Waals surface area contributed by atoms with Gasteiger partial charge in [-0.3, -0.25) is 9.69 Å². The quantitative estimate of drug-likeness (QED) is 0.692. The van der Waals surface area contributed by atoms with E-state index in [0.29, 0.717) is 6.54 Å². The summed E-state index contributed by atoms with van der Waals surface area (Å²) in [7, 11) is 0. The monoisotopic (exact) mass is 396 g/mol. The van der Waals surface area contributed by atoms with Gasteiger partial charge in [0, 0.05) is 12.6 Å². The molecule has 0 unspecified atom stereocenters. The Morgan fingerprint density at radius 2 is 1.59 bits per heavy atom. The summed E-state index contributed by atoms with van der Waals surface area (Å²) in [6.45, 7) is 3.82. The van der Waals surface area contributed by atoms with Crippen LogP contribution < -0.4 is 5.32 Å². The maximum atomic E-state index is 12.5. The second-order valence-electron chi connectivity index (χ2n) is 7.35. The Kier molecular flexibility index (Phi) is 7.64. The van der Waals surface area contributed by atoms with E-state index < -0.39 is 6.09 Å². The number of likely N-dealkylation sites (tertiary alicyclic amines) is 1. The highest BCUT2D eigenvalue weighted by molar-refractivity contribution is 5.76. The Labute approximate surface area is 171 Å². The van der Waals surface area contributed by atoms with Crippen molar-refractivity contribution in [3.05, 3.63) is 71.8 Å². The van der Waals surface area contributed by atoms with E-state index in [4.69, 9.17) is 9.47 Å². The molecule has 2 atom stereocenters. The third-order valence-corrected chi connectivity index (χ3v) is 4.95. The third-order valence-electron chi connectivity index (χ3n) is 4.95. The lowest BCUT2D eigenvalue weighted by Gasteiger charge is -2.26. The predicted octanol–water partition coefficient (Wildman–Crippen LogP) is 3.51. The molecule has 1 aliphatic rings. The minimum absolute atomic E-state index is 0.138. The van der Waals surface area contributed by atoms with E-state index in [-0.39, 0.29) is 31.3 Å². The van der Waals surface area contributed by atoms with E-state index in [1.807, 2.05) is 67.6 Å². The highest BCUT2D eigenvalue weighted by Gasteiger charge is 2.32. The van der Waals surface area contributed by atoms with E-state index in [1.165, 1.54) is 0 Å². The SMILES string of the molecule is C[C@@H](CN1CCC[C@H]1C(=O)OCc1ccccc1)NC(=O)OCc1ccccc1. The molecule has 0 saturated carbocycles. The molecule has 1 heterocycles. The van der Waals surface area contributed by atoms with Gasteiger partial charge in [0.1, 0.15) is 19.3 Å². The van der Waals surface area contributed by atoms with Crippen LogP contribution in [0.4, 0.5) is 4.79 Å². The van der Waals surface area contributed by atoms with Crippen molar-refractivity contribution in [3.63, 3.8) is 0 Å². The second kappa shape index (κ2) is 10.6. The van der Waals surface area contributed by atoms with E-state index in [0.717, 1.165) is 30.5 Å². The molecule has 0 spiro atoms. The van der Waals surface area contributed by atoms with Crippen LogP contribution in [0.1, 0.15) is 30.9 Å². The lowest BCUT2D eigenvalue weighted by molar-refractivity contribution is -0.150. The van der Waals surface area contributed by atoms with Gasteiger partial charge in [0.2, 0.25) is 0 Å². The maximum Gasteiger partial charge on any atom is 0.407 e. The number of nitrogens with zero attached hydrogens (tertiary/aromatic N) is 1. The zero-order chi connectivity index (χ0) is 20.5. The van der Waals surface area contributed by atoms with Gasteiger partial charge in [0.25, 0.3) is 0 Å². The van der Waals surface area contributed by atoms with Crippen LogP contribution in [0, 0.1) is 0 Å². The molecule has 0 bridgehead atoms. The largest absolute Gasteiger partial charge is 0.460 e. The highest BCUT2D eigenvalue weighted by Crippen LogP contribution is 2.19. The molecule has 0 radical (unpaired) electrons. The average Bonchev–Trinajstić information content (AvgIpc) is 3.20. The van der Waals surface area contributed by atoms with Crippen molar-refractivity contribution in [3.8, 4) is 0 Å². The molecule has 2 aromatic carbocycles. The fourth-order valence-corrected chi connectivity index (χ4v) is 3.50. The zero-order valence-corrected chi connectivity index (χ0v) is 16.8. The number of esters is 1. The van der Waals surface area contributed by atoms with Gasteiger partial charge >= 0.3 is 12.1 Å². The van der Waals surface area contributed by atoms with Crippen LogP contribution in [0.15, 0.2) is 60.7 Å². The average molecular weight is 396 g/mol. The number of benzene rings is 2. The summed E-state index contributed by atoms with van der Waals surface area (Å²) in [4.78, 5) is 26.6. The molecule has 2 aromatic rings. The van der Waals surface area contributed by atoms with Crippen molar-refractivity contribution < 1.29 is 19.1 Å². The number of ether oxygens (including phenoxy) is 2. The van der Waals surface area contributed by atoms with Gasteiger partial charge in [0.05, 0.1) is 0 Å². The van der Waals surface area contributed by atoms with Crippen molar-refractivity contribution in [1.29, 1.82) is 0 Å². The van der Waals surface area contributed by atoms with Gasteiger partial charge in [0.15, 0.2) is 0 Å².